The number of piperidine rings is 1. The third-order valence-corrected chi connectivity index (χ3v) is 5.70. The Morgan fingerprint density at radius 3 is 3.08 bits per heavy atom. The van der Waals surface area contributed by atoms with Crippen LogP contribution in [0.3, 0.4) is 0 Å². The van der Waals surface area contributed by atoms with E-state index in [9.17, 15) is 4.79 Å². The molecule has 0 spiro atoms. The fourth-order valence-corrected chi connectivity index (χ4v) is 4.06. The molecule has 0 N–H and O–H groups in total. The van der Waals surface area contributed by atoms with Crippen molar-refractivity contribution in [3.63, 3.8) is 0 Å². The van der Waals surface area contributed by atoms with Gasteiger partial charge in [-0.2, -0.15) is 0 Å². The first-order chi connectivity index (χ1) is 11.7. The highest BCUT2D eigenvalue weighted by atomic mass is 16.5. The molecule has 1 saturated carbocycles. The predicted molar refractivity (Wildman–Crippen MR) is 86.7 cm³/mol. The minimum Gasteiger partial charge on any atom is -0.380 e. The summed E-state index contributed by atoms with van der Waals surface area (Å²) >= 11 is 0. The van der Waals surface area contributed by atoms with Gasteiger partial charge >= 0.3 is 0 Å². The number of hydrogen-bond donors (Lipinski definition) is 0. The molecular formula is C18H26N2O4. The molecule has 3 aliphatic rings. The smallest absolute Gasteiger partial charge is 0.259 e. The molecule has 4 rings (SSSR count). The number of ether oxygens (including phenoxy) is 2. The van der Waals surface area contributed by atoms with Crippen molar-refractivity contribution in [2.45, 2.75) is 45.1 Å². The molecule has 1 aliphatic carbocycles. The summed E-state index contributed by atoms with van der Waals surface area (Å²) in [6.45, 7) is 5.58. The minimum atomic E-state index is -0.0634. The van der Waals surface area contributed by atoms with E-state index in [4.69, 9.17) is 14.0 Å². The van der Waals surface area contributed by atoms with Gasteiger partial charge in [0, 0.05) is 31.7 Å². The lowest BCUT2D eigenvalue weighted by molar-refractivity contribution is -0.147. The summed E-state index contributed by atoms with van der Waals surface area (Å²) in [5.41, 5.74) is 0.505. The maximum absolute atomic E-state index is 12.8. The van der Waals surface area contributed by atoms with Crippen molar-refractivity contribution < 1.29 is 18.8 Å². The van der Waals surface area contributed by atoms with E-state index < -0.39 is 0 Å². The Morgan fingerprint density at radius 1 is 1.46 bits per heavy atom. The Hall–Kier alpha value is -1.40. The molecule has 2 atom stereocenters. The Kier molecular flexibility index (Phi) is 4.35. The maximum Gasteiger partial charge on any atom is 0.259 e. The van der Waals surface area contributed by atoms with Crippen LogP contribution in [-0.4, -0.2) is 55.0 Å². The second kappa shape index (κ2) is 6.48. The van der Waals surface area contributed by atoms with Crippen LogP contribution in [0.5, 0.6) is 0 Å². The van der Waals surface area contributed by atoms with Crippen LogP contribution in [-0.2, 0) is 9.47 Å². The van der Waals surface area contributed by atoms with Gasteiger partial charge in [0.2, 0.25) is 0 Å². The first-order valence-corrected chi connectivity index (χ1v) is 9.08. The molecule has 0 bridgehead atoms. The molecule has 1 aromatic rings. The van der Waals surface area contributed by atoms with E-state index in [0.717, 1.165) is 44.9 Å². The highest BCUT2D eigenvalue weighted by Gasteiger charge is 2.47. The largest absolute Gasteiger partial charge is 0.380 e. The van der Waals surface area contributed by atoms with Gasteiger partial charge in [0.25, 0.3) is 5.91 Å². The van der Waals surface area contributed by atoms with Gasteiger partial charge in [-0.05, 0) is 44.9 Å². The lowest BCUT2D eigenvalue weighted by Crippen LogP contribution is -2.58. The average molecular weight is 334 g/mol. The van der Waals surface area contributed by atoms with Crippen molar-refractivity contribution in [2.24, 2.45) is 11.3 Å². The van der Waals surface area contributed by atoms with Gasteiger partial charge < -0.3 is 18.9 Å². The number of nitrogens with zero attached hydrogens (tertiary/aromatic N) is 2. The number of amides is 1. The lowest BCUT2D eigenvalue weighted by atomic mass is 9.73. The Morgan fingerprint density at radius 2 is 2.33 bits per heavy atom. The van der Waals surface area contributed by atoms with Crippen molar-refractivity contribution in [1.82, 2.24) is 10.1 Å². The van der Waals surface area contributed by atoms with Gasteiger partial charge in [0.05, 0.1) is 18.9 Å². The van der Waals surface area contributed by atoms with E-state index in [0.29, 0.717) is 24.5 Å². The predicted octanol–water partition coefficient (Wildman–Crippen LogP) is 2.42. The Bertz CT molecular complexity index is 598. The molecule has 6 nitrogen and oxygen atoms in total. The van der Waals surface area contributed by atoms with Crippen molar-refractivity contribution >= 4 is 5.91 Å². The van der Waals surface area contributed by atoms with Crippen LogP contribution in [0.4, 0.5) is 0 Å². The summed E-state index contributed by atoms with van der Waals surface area (Å²) in [4.78, 5) is 14.8. The first-order valence-electron chi connectivity index (χ1n) is 9.08. The van der Waals surface area contributed by atoms with Crippen LogP contribution >= 0.6 is 0 Å². The van der Waals surface area contributed by atoms with Crippen LogP contribution in [0.25, 0.3) is 0 Å². The molecule has 0 aromatic carbocycles. The van der Waals surface area contributed by atoms with Crippen LogP contribution in [0.2, 0.25) is 0 Å². The summed E-state index contributed by atoms with van der Waals surface area (Å²) in [5, 5.41) is 3.74. The average Bonchev–Trinajstić information content (AvgIpc) is 3.32. The Labute approximate surface area is 142 Å². The normalized spacial score (nSPS) is 30.2. The van der Waals surface area contributed by atoms with Gasteiger partial charge in [-0.3, -0.25) is 4.79 Å². The number of fused-ring (bicyclic) bond motifs is 1. The zero-order valence-corrected chi connectivity index (χ0v) is 14.3. The first kappa shape index (κ1) is 16.1. The van der Waals surface area contributed by atoms with Crippen LogP contribution in [0, 0.1) is 18.3 Å². The summed E-state index contributed by atoms with van der Waals surface area (Å²) in [6, 6.07) is 0. The van der Waals surface area contributed by atoms with Crippen LogP contribution < -0.4 is 0 Å². The SMILES string of the molecule is Cc1oncc1C(=O)N1CC[C@@H]2OCCC[C@@]2(COCC2CC2)C1. The van der Waals surface area contributed by atoms with E-state index in [1.807, 2.05) is 4.90 Å². The fourth-order valence-electron chi connectivity index (χ4n) is 4.06. The highest BCUT2D eigenvalue weighted by Crippen LogP contribution is 2.41. The highest BCUT2D eigenvalue weighted by molar-refractivity contribution is 5.94. The van der Waals surface area contributed by atoms with Gasteiger partial charge in [-0.1, -0.05) is 5.16 Å². The number of likely N-dealkylation sites (tertiary alicyclic amines) is 1. The number of carbonyl (C=O) groups excluding carboxylic acids is 1. The van der Waals surface area contributed by atoms with E-state index >= 15 is 0 Å². The summed E-state index contributed by atoms with van der Waals surface area (Å²) in [5.74, 6) is 1.35. The van der Waals surface area contributed by atoms with Crippen molar-refractivity contribution in [3.05, 3.63) is 17.5 Å². The number of aromatic nitrogens is 1. The third kappa shape index (κ3) is 3.09. The van der Waals surface area contributed by atoms with Crippen LogP contribution in [0.15, 0.2) is 10.7 Å². The topological polar surface area (TPSA) is 64.8 Å². The second-order valence-corrected chi connectivity index (χ2v) is 7.59. The number of carbonyl (C=O) groups is 1. The molecule has 2 saturated heterocycles. The number of rotatable bonds is 5. The summed E-state index contributed by atoms with van der Waals surface area (Å²) < 4.78 is 17.2. The number of hydrogen-bond acceptors (Lipinski definition) is 5. The zero-order chi connectivity index (χ0) is 16.6. The fraction of sp³-hybridized carbons (Fsp3) is 0.778. The molecular weight excluding hydrogens is 308 g/mol. The maximum atomic E-state index is 12.8. The molecule has 1 amide bonds. The molecule has 6 heteroatoms. The third-order valence-electron chi connectivity index (χ3n) is 5.70. The molecule has 132 valence electrons. The molecule has 24 heavy (non-hydrogen) atoms. The van der Waals surface area contributed by atoms with Gasteiger partial charge in [0.1, 0.15) is 11.3 Å². The molecule has 3 fully saturated rings. The van der Waals surface area contributed by atoms with E-state index in [-0.39, 0.29) is 17.4 Å². The Balaban J connectivity index is 1.47. The van der Waals surface area contributed by atoms with Gasteiger partial charge in [-0.25, -0.2) is 0 Å². The van der Waals surface area contributed by atoms with E-state index in [2.05, 4.69) is 5.16 Å². The zero-order valence-electron chi connectivity index (χ0n) is 14.3. The molecule has 1 aromatic heterocycles. The quantitative estimate of drug-likeness (QED) is 0.827. The molecule has 0 radical (unpaired) electrons. The van der Waals surface area contributed by atoms with E-state index in [1.165, 1.54) is 19.0 Å². The lowest BCUT2D eigenvalue weighted by Gasteiger charge is -2.50. The van der Waals surface area contributed by atoms with Crippen molar-refractivity contribution in [2.75, 3.05) is 32.9 Å². The molecule has 2 aliphatic heterocycles. The van der Waals surface area contributed by atoms with E-state index in [1.54, 1.807) is 6.92 Å². The van der Waals surface area contributed by atoms with Crippen molar-refractivity contribution in [3.8, 4) is 0 Å². The monoisotopic (exact) mass is 334 g/mol. The van der Waals surface area contributed by atoms with Gasteiger partial charge in [0.15, 0.2) is 0 Å². The standard InChI is InChI=1S/C18H26N2O4/c1-13-15(9-19-24-13)17(21)20-7-5-16-18(11-20,6-2-8-23-16)12-22-10-14-3-4-14/h9,14,16H,2-8,10-12H2,1H3/t16-,18-/m0/s1. The number of aryl methyl sites for hydroxylation is 1. The van der Waals surface area contributed by atoms with Crippen molar-refractivity contribution in [1.29, 1.82) is 0 Å². The molecule has 0 unspecified atom stereocenters. The van der Waals surface area contributed by atoms with Gasteiger partial charge in [-0.15, -0.1) is 0 Å². The second-order valence-electron chi connectivity index (χ2n) is 7.59. The molecule has 3 heterocycles. The van der Waals surface area contributed by atoms with Crippen LogP contribution in [0.1, 0.15) is 48.2 Å². The summed E-state index contributed by atoms with van der Waals surface area (Å²) in [7, 11) is 0. The summed E-state index contributed by atoms with van der Waals surface area (Å²) in [6.07, 6.45) is 7.30. The minimum absolute atomic E-state index is 0.0133.